The third-order valence-electron chi connectivity index (χ3n) is 4.44. The van der Waals surface area contributed by atoms with Gasteiger partial charge in [-0.3, -0.25) is 0 Å². The van der Waals surface area contributed by atoms with Crippen LogP contribution in [0.3, 0.4) is 0 Å². The number of aromatic amines is 1. The number of aliphatic hydroxyl groups is 1. The summed E-state index contributed by atoms with van der Waals surface area (Å²) in [6, 6.07) is 0. The van der Waals surface area contributed by atoms with Crippen LogP contribution < -0.4 is 0 Å². The third kappa shape index (κ3) is 9.92. The zero-order valence-corrected chi connectivity index (χ0v) is 19.2. The summed E-state index contributed by atoms with van der Waals surface area (Å²) in [6.07, 6.45) is 0.427. The molecule has 0 spiro atoms. The minimum atomic E-state index is -0.454. The SMILES string of the molecule is CC(C)(C)C1=NC(=O)OC1.CC(C)c1nn[nH]n1.CC[C@@H](C(C)O)C(C)(C)C. The Hall–Kier alpha value is -1.83. The Kier molecular flexibility index (Phi) is 10.5. The fraction of sp³-hybridized carbons (Fsp3) is 0.850. The highest BCUT2D eigenvalue weighted by Crippen LogP contribution is 2.30. The van der Waals surface area contributed by atoms with Crippen molar-refractivity contribution in [2.75, 3.05) is 6.61 Å². The van der Waals surface area contributed by atoms with Crippen LogP contribution in [0.2, 0.25) is 0 Å². The van der Waals surface area contributed by atoms with E-state index in [-0.39, 0.29) is 16.9 Å². The van der Waals surface area contributed by atoms with Crippen LogP contribution in [0.25, 0.3) is 0 Å². The van der Waals surface area contributed by atoms with E-state index in [4.69, 9.17) is 0 Å². The number of hydrogen-bond donors (Lipinski definition) is 2. The Balaban J connectivity index is 0.000000393. The summed E-state index contributed by atoms with van der Waals surface area (Å²) in [6.45, 7) is 20.9. The van der Waals surface area contributed by atoms with E-state index in [9.17, 15) is 9.90 Å². The summed E-state index contributed by atoms with van der Waals surface area (Å²) in [7, 11) is 0. The van der Waals surface area contributed by atoms with E-state index in [1.54, 1.807) is 0 Å². The number of cyclic esters (lactones) is 1. The Morgan fingerprint density at radius 2 is 1.71 bits per heavy atom. The maximum Gasteiger partial charge on any atom is 0.434 e. The molecule has 0 bridgehead atoms. The molecule has 0 aliphatic carbocycles. The van der Waals surface area contributed by atoms with Crippen molar-refractivity contribution in [3.05, 3.63) is 5.82 Å². The number of carbonyl (C=O) groups is 1. The molecule has 8 heteroatoms. The lowest BCUT2D eigenvalue weighted by Crippen LogP contribution is -2.29. The second-order valence-electron chi connectivity index (χ2n) is 9.41. The highest BCUT2D eigenvalue weighted by atomic mass is 16.6. The smallest absolute Gasteiger partial charge is 0.434 e. The Bertz CT molecular complexity index is 596. The van der Waals surface area contributed by atoms with Gasteiger partial charge in [0.05, 0.1) is 11.8 Å². The number of nitrogens with zero attached hydrogens (tertiary/aromatic N) is 4. The first kappa shape index (κ1) is 26.2. The molecule has 2 atom stereocenters. The second-order valence-corrected chi connectivity index (χ2v) is 9.41. The van der Waals surface area contributed by atoms with E-state index in [0.29, 0.717) is 18.4 Å². The molecule has 1 unspecified atom stereocenters. The Labute approximate surface area is 169 Å². The lowest BCUT2D eigenvalue weighted by molar-refractivity contribution is 0.0538. The van der Waals surface area contributed by atoms with E-state index < -0.39 is 6.09 Å². The van der Waals surface area contributed by atoms with Gasteiger partial charge in [-0.25, -0.2) is 4.79 Å². The molecule has 1 aliphatic heterocycles. The van der Waals surface area contributed by atoms with Gasteiger partial charge in [0.15, 0.2) is 5.82 Å². The largest absolute Gasteiger partial charge is 0.442 e. The lowest BCUT2D eigenvalue weighted by atomic mass is 9.76. The maximum atomic E-state index is 10.5. The minimum Gasteiger partial charge on any atom is -0.442 e. The van der Waals surface area contributed by atoms with E-state index in [1.165, 1.54) is 0 Å². The van der Waals surface area contributed by atoms with Gasteiger partial charge in [0.2, 0.25) is 0 Å². The Morgan fingerprint density at radius 3 is 1.86 bits per heavy atom. The quantitative estimate of drug-likeness (QED) is 0.782. The molecule has 0 radical (unpaired) electrons. The summed E-state index contributed by atoms with van der Waals surface area (Å²) < 4.78 is 4.65. The number of ether oxygens (including phenoxy) is 1. The topological polar surface area (TPSA) is 113 Å². The van der Waals surface area contributed by atoms with Gasteiger partial charge in [0.1, 0.15) is 6.61 Å². The highest BCUT2D eigenvalue weighted by Gasteiger charge is 2.27. The molecule has 1 aliphatic rings. The second kappa shape index (κ2) is 11.2. The van der Waals surface area contributed by atoms with Crippen LogP contribution in [-0.2, 0) is 4.74 Å². The van der Waals surface area contributed by atoms with Crippen LogP contribution in [0.15, 0.2) is 4.99 Å². The van der Waals surface area contributed by atoms with Crippen molar-refractivity contribution in [3.8, 4) is 0 Å². The standard InChI is InChI=1S/C9H20O.C7H11NO2.C4H8N4/c1-6-8(7(2)10)9(3,4)5;1-7(2,3)5-4-10-6(9)8-5;1-3(2)4-5-7-8-6-4/h7-8,10H,6H2,1-5H3;4H2,1-3H3;3H,1-2H3,(H,5,6,7,8)/t7?,8-;;/m0../s1. The lowest BCUT2D eigenvalue weighted by Gasteiger charge is -2.31. The van der Waals surface area contributed by atoms with Crippen LogP contribution in [0.4, 0.5) is 4.79 Å². The zero-order chi connectivity index (χ0) is 22.1. The van der Waals surface area contributed by atoms with Gasteiger partial charge < -0.3 is 9.84 Å². The van der Waals surface area contributed by atoms with E-state index in [0.717, 1.165) is 18.0 Å². The molecule has 0 aromatic carbocycles. The van der Waals surface area contributed by atoms with E-state index >= 15 is 0 Å². The first-order valence-electron chi connectivity index (χ1n) is 9.86. The molecule has 1 aromatic heterocycles. The number of aliphatic imine (C=N–C) groups is 1. The normalized spacial score (nSPS) is 16.3. The number of carbonyl (C=O) groups excluding carboxylic acids is 1. The van der Waals surface area contributed by atoms with E-state index in [1.807, 2.05) is 41.5 Å². The molecule has 8 nitrogen and oxygen atoms in total. The monoisotopic (exact) mass is 397 g/mol. The van der Waals surface area contributed by atoms with Crippen molar-refractivity contribution in [2.45, 2.75) is 87.7 Å². The highest BCUT2D eigenvalue weighted by molar-refractivity contribution is 6.01. The van der Waals surface area contributed by atoms with Crippen LogP contribution in [0, 0.1) is 16.7 Å². The summed E-state index contributed by atoms with van der Waals surface area (Å²) in [4.78, 5) is 14.2. The van der Waals surface area contributed by atoms with Crippen LogP contribution >= 0.6 is 0 Å². The Morgan fingerprint density at radius 1 is 1.14 bits per heavy atom. The average molecular weight is 398 g/mol. The van der Waals surface area contributed by atoms with Gasteiger partial charge in [0, 0.05) is 11.3 Å². The van der Waals surface area contributed by atoms with E-state index in [2.05, 4.69) is 58.0 Å². The van der Waals surface area contributed by atoms with Crippen LogP contribution in [0.5, 0.6) is 0 Å². The molecule has 28 heavy (non-hydrogen) atoms. The number of hydrogen-bond acceptors (Lipinski definition) is 6. The van der Waals surface area contributed by atoms with Gasteiger partial charge in [0.25, 0.3) is 0 Å². The average Bonchev–Trinajstić information content (AvgIpc) is 3.17. The molecular weight excluding hydrogens is 358 g/mol. The predicted molar refractivity (Wildman–Crippen MR) is 111 cm³/mol. The minimum absolute atomic E-state index is 0.0356. The third-order valence-corrected chi connectivity index (χ3v) is 4.44. The summed E-state index contributed by atoms with van der Waals surface area (Å²) in [5.41, 5.74) is 1.03. The number of aromatic nitrogens is 4. The van der Waals surface area contributed by atoms with Crippen LogP contribution in [-0.4, -0.2) is 50.2 Å². The summed E-state index contributed by atoms with van der Waals surface area (Å²) in [5, 5.41) is 22.7. The van der Waals surface area contributed by atoms with Gasteiger partial charge >= 0.3 is 6.09 Å². The molecule has 162 valence electrons. The fourth-order valence-electron chi connectivity index (χ4n) is 2.78. The maximum absolute atomic E-state index is 10.5. The molecule has 1 aromatic rings. The van der Waals surface area contributed by atoms with Crippen molar-refractivity contribution in [1.82, 2.24) is 20.6 Å². The summed E-state index contributed by atoms with van der Waals surface area (Å²) in [5.74, 6) is 1.56. The first-order valence-corrected chi connectivity index (χ1v) is 9.86. The number of rotatable bonds is 3. The van der Waals surface area contributed by atoms with Gasteiger partial charge in [-0.2, -0.15) is 10.2 Å². The molecule has 2 heterocycles. The molecule has 2 N–H and O–H groups in total. The fourth-order valence-corrected chi connectivity index (χ4v) is 2.78. The summed E-state index contributed by atoms with van der Waals surface area (Å²) >= 11 is 0. The van der Waals surface area contributed by atoms with Crippen molar-refractivity contribution in [3.63, 3.8) is 0 Å². The van der Waals surface area contributed by atoms with Gasteiger partial charge in [-0.15, -0.1) is 10.2 Å². The molecule has 0 fully saturated rings. The van der Waals surface area contributed by atoms with Gasteiger partial charge in [-0.1, -0.05) is 73.9 Å². The van der Waals surface area contributed by atoms with Crippen molar-refractivity contribution < 1.29 is 14.6 Å². The van der Waals surface area contributed by atoms with Crippen molar-refractivity contribution in [2.24, 2.45) is 21.7 Å². The molecule has 0 saturated carbocycles. The number of tetrazole rings is 1. The number of amides is 1. The first-order chi connectivity index (χ1) is 12.7. The number of H-pyrrole nitrogens is 1. The molecule has 1 amide bonds. The number of nitrogens with one attached hydrogen (secondary N) is 1. The zero-order valence-electron chi connectivity index (χ0n) is 19.2. The van der Waals surface area contributed by atoms with Crippen LogP contribution in [0.1, 0.15) is 87.4 Å². The molecule has 2 rings (SSSR count). The number of aliphatic hydroxyl groups excluding tert-OH is 1. The van der Waals surface area contributed by atoms with Gasteiger partial charge in [-0.05, 0) is 18.3 Å². The van der Waals surface area contributed by atoms with Crippen molar-refractivity contribution in [1.29, 1.82) is 0 Å². The predicted octanol–water partition coefficient (Wildman–Crippen LogP) is 4.39. The molecule has 0 saturated heterocycles. The molecular formula is C20H39N5O3. The van der Waals surface area contributed by atoms with Crippen molar-refractivity contribution >= 4 is 11.8 Å².